The third kappa shape index (κ3) is 7.06. The van der Waals surface area contributed by atoms with E-state index in [4.69, 9.17) is 0 Å². The standard InChI is InChI=1S/C35H41O2P/c1-29-27-35(37)30(28-34(29)36)19-11-6-4-2-3-5-7-18-26-38(31-20-12-8-13-21-31,32-22-14-9-15-23-32)33-24-16-10-17-25-33/h8-10,12-17,20-25,27-28H,2-7,11,18-19,26H2,1H3,(H-,36,37)/p+1. The van der Waals surface area contributed by atoms with Crippen LogP contribution in [0, 0.1) is 6.92 Å². The molecule has 0 saturated heterocycles. The van der Waals surface area contributed by atoms with Gasteiger partial charge in [0.15, 0.2) is 0 Å². The molecule has 4 aromatic rings. The SMILES string of the molecule is Cc1cc(O)c(CCCCCCCCCC[P+](c2ccccc2)(c2ccccc2)c2ccccc2)cc1O. The van der Waals surface area contributed by atoms with Gasteiger partial charge in [-0.3, -0.25) is 0 Å². The topological polar surface area (TPSA) is 40.5 Å². The van der Waals surface area contributed by atoms with Crippen LogP contribution in [0.5, 0.6) is 11.5 Å². The van der Waals surface area contributed by atoms with Crippen LogP contribution in [0.1, 0.15) is 62.5 Å². The number of phenols is 2. The molecule has 0 atom stereocenters. The highest BCUT2D eigenvalue weighted by atomic mass is 31.2. The van der Waals surface area contributed by atoms with Crippen molar-refractivity contribution in [3.8, 4) is 11.5 Å². The number of rotatable bonds is 14. The Morgan fingerprint density at radius 2 is 0.921 bits per heavy atom. The van der Waals surface area contributed by atoms with Crippen LogP contribution in [-0.4, -0.2) is 16.4 Å². The van der Waals surface area contributed by atoms with Crippen molar-refractivity contribution in [2.24, 2.45) is 0 Å². The van der Waals surface area contributed by atoms with Gasteiger partial charge in [0, 0.05) is 0 Å². The van der Waals surface area contributed by atoms with Gasteiger partial charge in [-0.25, -0.2) is 0 Å². The first-order valence-corrected chi connectivity index (χ1v) is 16.1. The Kier molecular flexibility index (Phi) is 10.4. The summed E-state index contributed by atoms with van der Waals surface area (Å²) in [7, 11) is -1.70. The Balaban J connectivity index is 1.28. The van der Waals surface area contributed by atoms with Gasteiger partial charge in [0.2, 0.25) is 0 Å². The van der Waals surface area contributed by atoms with Gasteiger partial charge in [-0.15, -0.1) is 0 Å². The highest BCUT2D eigenvalue weighted by molar-refractivity contribution is 7.95. The van der Waals surface area contributed by atoms with Gasteiger partial charge >= 0.3 is 0 Å². The number of unbranched alkanes of at least 4 members (excludes halogenated alkanes) is 7. The van der Waals surface area contributed by atoms with Crippen molar-refractivity contribution in [3.63, 3.8) is 0 Å². The molecule has 3 heteroatoms. The molecule has 0 aliphatic heterocycles. The molecule has 2 N–H and O–H groups in total. The van der Waals surface area contributed by atoms with Crippen LogP contribution in [0.15, 0.2) is 103 Å². The molecular formula is C35H42O2P+. The summed E-state index contributed by atoms with van der Waals surface area (Å²) in [5.41, 5.74) is 1.58. The first-order chi connectivity index (χ1) is 18.6. The quantitative estimate of drug-likeness (QED) is 0.0993. The highest BCUT2D eigenvalue weighted by Gasteiger charge is 2.44. The molecule has 0 aromatic heterocycles. The van der Waals surface area contributed by atoms with E-state index in [9.17, 15) is 10.2 Å². The number of aromatic hydroxyl groups is 2. The second kappa shape index (κ2) is 14.2. The third-order valence-electron chi connectivity index (χ3n) is 7.68. The number of hydrogen-bond donors (Lipinski definition) is 2. The summed E-state index contributed by atoms with van der Waals surface area (Å²) in [5.74, 6) is 0.580. The summed E-state index contributed by atoms with van der Waals surface area (Å²) in [5, 5.41) is 24.4. The summed E-state index contributed by atoms with van der Waals surface area (Å²) in [6.07, 6.45) is 11.8. The molecule has 0 amide bonds. The lowest BCUT2D eigenvalue weighted by atomic mass is 10.0. The Hall–Kier alpha value is -3.09. The van der Waals surface area contributed by atoms with Crippen LogP contribution in [-0.2, 0) is 6.42 Å². The van der Waals surface area contributed by atoms with Gasteiger partial charge in [0.05, 0.1) is 6.16 Å². The van der Waals surface area contributed by atoms with Crippen molar-refractivity contribution in [1.82, 2.24) is 0 Å². The molecule has 0 fully saturated rings. The molecule has 0 spiro atoms. The maximum absolute atomic E-state index is 10.1. The van der Waals surface area contributed by atoms with Crippen molar-refractivity contribution < 1.29 is 10.2 Å². The summed E-state index contributed by atoms with van der Waals surface area (Å²) in [6, 6.07) is 36.9. The van der Waals surface area contributed by atoms with E-state index in [1.165, 1.54) is 67.0 Å². The van der Waals surface area contributed by atoms with Gasteiger partial charge in [-0.05, 0) is 92.3 Å². The highest BCUT2D eigenvalue weighted by Crippen LogP contribution is 2.56. The minimum absolute atomic E-state index is 0.274. The average molecular weight is 526 g/mol. The van der Waals surface area contributed by atoms with Gasteiger partial charge < -0.3 is 10.2 Å². The molecule has 0 saturated carbocycles. The maximum Gasteiger partial charge on any atom is 0.119 e. The maximum atomic E-state index is 10.1. The Labute approximate surface area is 229 Å². The van der Waals surface area contributed by atoms with Crippen molar-refractivity contribution in [1.29, 1.82) is 0 Å². The van der Waals surface area contributed by atoms with Crippen LogP contribution >= 0.6 is 7.26 Å². The van der Waals surface area contributed by atoms with E-state index in [2.05, 4.69) is 91.0 Å². The predicted molar refractivity (Wildman–Crippen MR) is 165 cm³/mol. The van der Waals surface area contributed by atoms with Gasteiger partial charge in [-0.2, -0.15) is 0 Å². The largest absolute Gasteiger partial charge is 0.508 e. The fraction of sp³-hybridized carbons (Fsp3) is 0.314. The third-order valence-corrected chi connectivity index (χ3v) is 12.2. The van der Waals surface area contributed by atoms with Crippen LogP contribution in [0.25, 0.3) is 0 Å². The van der Waals surface area contributed by atoms with Crippen LogP contribution < -0.4 is 15.9 Å². The molecule has 0 unspecified atom stereocenters. The summed E-state index contributed by atoms with van der Waals surface area (Å²) >= 11 is 0. The number of phenolic OH excluding ortho intramolecular Hbond substituents is 2. The molecule has 0 aliphatic rings. The molecule has 2 nitrogen and oxygen atoms in total. The smallest absolute Gasteiger partial charge is 0.119 e. The fourth-order valence-electron chi connectivity index (χ4n) is 5.53. The lowest BCUT2D eigenvalue weighted by Gasteiger charge is -2.27. The second-order valence-corrected chi connectivity index (χ2v) is 14.0. The van der Waals surface area contributed by atoms with Crippen molar-refractivity contribution in [2.75, 3.05) is 6.16 Å². The number of hydrogen-bond acceptors (Lipinski definition) is 2. The summed E-state index contributed by atoms with van der Waals surface area (Å²) in [6.45, 7) is 1.81. The lowest BCUT2D eigenvalue weighted by Crippen LogP contribution is -2.33. The molecule has 198 valence electrons. The van der Waals surface area contributed by atoms with Gasteiger partial charge in [-0.1, -0.05) is 86.7 Å². The van der Waals surface area contributed by atoms with E-state index < -0.39 is 7.26 Å². The van der Waals surface area contributed by atoms with E-state index in [-0.39, 0.29) is 5.75 Å². The minimum Gasteiger partial charge on any atom is -0.508 e. The average Bonchev–Trinajstić information content (AvgIpc) is 2.96. The van der Waals surface area contributed by atoms with Gasteiger partial charge in [0.25, 0.3) is 0 Å². The van der Waals surface area contributed by atoms with E-state index >= 15 is 0 Å². The summed E-state index contributed by atoms with van der Waals surface area (Å²) < 4.78 is 0. The normalized spacial score (nSPS) is 11.5. The summed E-state index contributed by atoms with van der Waals surface area (Å²) in [4.78, 5) is 0. The zero-order chi connectivity index (χ0) is 26.6. The minimum atomic E-state index is -1.70. The van der Waals surface area contributed by atoms with Crippen LogP contribution in [0.4, 0.5) is 0 Å². The lowest BCUT2D eigenvalue weighted by molar-refractivity contribution is 0.449. The van der Waals surface area contributed by atoms with E-state index in [1.54, 1.807) is 12.1 Å². The second-order valence-electron chi connectivity index (χ2n) is 10.4. The van der Waals surface area contributed by atoms with E-state index in [0.29, 0.717) is 5.75 Å². The van der Waals surface area contributed by atoms with Crippen molar-refractivity contribution >= 4 is 23.2 Å². The van der Waals surface area contributed by atoms with E-state index in [0.717, 1.165) is 24.0 Å². The Morgan fingerprint density at radius 1 is 0.500 bits per heavy atom. The molecule has 38 heavy (non-hydrogen) atoms. The zero-order valence-corrected chi connectivity index (χ0v) is 23.6. The van der Waals surface area contributed by atoms with Crippen LogP contribution in [0.2, 0.25) is 0 Å². The first-order valence-electron chi connectivity index (χ1n) is 14.2. The predicted octanol–water partition coefficient (Wildman–Crippen LogP) is 8.06. The molecule has 4 rings (SSSR count). The first kappa shape index (κ1) is 27.9. The molecular weight excluding hydrogens is 483 g/mol. The van der Waals surface area contributed by atoms with Crippen molar-refractivity contribution in [2.45, 2.75) is 64.7 Å². The molecule has 0 aliphatic carbocycles. The number of aryl methyl sites for hydroxylation is 2. The zero-order valence-electron chi connectivity index (χ0n) is 22.7. The molecule has 0 radical (unpaired) electrons. The van der Waals surface area contributed by atoms with Gasteiger partial charge in [0.1, 0.15) is 34.7 Å². The van der Waals surface area contributed by atoms with Crippen LogP contribution in [0.3, 0.4) is 0 Å². The fourth-order valence-corrected chi connectivity index (χ4v) is 9.94. The number of benzene rings is 4. The molecule has 4 aromatic carbocycles. The molecule has 0 heterocycles. The monoisotopic (exact) mass is 525 g/mol. The molecule has 0 bridgehead atoms. The van der Waals surface area contributed by atoms with E-state index in [1.807, 2.05) is 6.92 Å². The Bertz CT molecular complexity index is 1140. The Morgan fingerprint density at radius 3 is 1.39 bits per heavy atom. The van der Waals surface area contributed by atoms with Crippen molar-refractivity contribution in [3.05, 3.63) is 114 Å².